The Balaban J connectivity index is 2.52. The van der Waals surface area contributed by atoms with Crippen molar-refractivity contribution in [2.75, 3.05) is 12.9 Å². The summed E-state index contributed by atoms with van der Waals surface area (Å²) in [4.78, 5) is 12.0. The largest absolute Gasteiger partial charge is 0.508 e. The van der Waals surface area contributed by atoms with Crippen LogP contribution < -0.4 is 11.1 Å². The van der Waals surface area contributed by atoms with Crippen LogP contribution in [0.2, 0.25) is 0 Å². The fraction of sp³-hybridized carbons (Fsp3) is 0.500. The minimum absolute atomic E-state index is 0.00974. The van der Waals surface area contributed by atoms with Crippen LogP contribution in [0.5, 0.6) is 5.75 Å². The van der Waals surface area contributed by atoms with Crippen LogP contribution in [0.1, 0.15) is 12.5 Å². The van der Waals surface area contributed by atoms with Crippen molar-refractivity contribution in [2.45, 2.75) is 30.7 Å². The van der Waals surface area contributed by atoms with Gasteiger partial charge in [0.2, 0.25) is 5.91 Å². The van der Waals surface area contributed by atoms with E-state index in [1.807, 2.05) is 13.2 Å². The Morgan fingerprint density at radius 3 is 2.50 bits per heavy atom. The van der Waals surface area contributed by atoms with Crippen LogP contribution in [-0.2, 0) is 11.2 Å². The van der Waals surface area contributed by atoms with Crippen LogP contribution >= 0.6 is 11.8 Å². The SMILES string of the molecule is CSC(CO)C(C)NC(=O)[C@H](N)Cc1ccc(O)cc1. The van der Waals surface area contributed by atoms with Crippen molar-refractivity contribution in [3.63, 3.8) is 0 Å². The number of carbonyl (C=O) groups is 1. The van der Waals surface area contributed by atoms with Crippen LogP contribution in [0.4, 0.5) is 0 Å². The molecule has 0 aliphatic rings. The zero-order valence-electron chi connectivity index (χ0n) is 11.7. The predicted octanol–water partition coefficient (Wildman–Crippen LogP) is 0.491. The molecule has 0 fully saturated rings. The van der Waals surface area contributed by atoms with E-state index in [1.165, 1.54) is 11.8 Å². The number of phenols is 1. The van der Waals surface area contributed by atoms with Gasteiger partial charge in [-0.25, -0.2) is 0 Å². The highest BCUT2D eigenvalue weighted by Gasteiger charge is 2.21. The van der Waals surface area contributed by atoms with E-state index in [9.17, 15) is 15.0 Å². The van der Waals surface area contributed by atoms with Crippen LogP contribution in [-0.4, -0.2) is 46.3 Å². The average Bonchev–Trinajstić information content (AvgIpc) is 2.42. The molecule has 1 aromatic carbocycles. The van der Waals surface area contributed by atoms with Gasteiger partial charge in [0.1, 0.15) is 5.75 Å². The summed E-state index contributed by atoms with van der Waals surface area (Å²) < 4.78 is 0. The Morgan fingerprint density at radius 1 is 1.40 bits per heavy atom. The molecule has 5 nitrogen and oxygen atoms in total. The summed E-state index contributed by atoms with van der Waals surface area (Å²) in [5, 5.41) is 21.2. The topological polar surface area (TPSA) is 95.6 Å². The second-order valence-corrected chi connectivity index (χ2v) is 5.81. The summed E-state index contributed by atoms with van der Waals surface area (Å²) in [5.41, 5.74) is 6.77. The molecule has 0 heterocycles. The summed E-state index contributed by atoms with van der Waals surface area (Å²) in [6, 6.07) is 5.82. The molecule has 0 aliphatic heterocycles. The van der Waals surface area contributed by atoms with Gasteiger partial charge in [-0.15, -0.1) is 0 Å². The van der Waals surface area contributed by atoms with E-state index in [4.69, 9.17) is 5.73 Å². The monoisotopic (exact) mass is 298 g/mol. The number of nitrogens with one attached hydrogen (secondary N) is 1. The lowest BCUT2D eigenvalue weighted by Crippen LogP contribution is -2.49. The number of aliphatic hydroxyl groups excluding tert-OH is 1. The molecule has 0 bridgehead atoms. The highest BCUT2D eigenvalue weighted by Crippen LogP contribution is 2.12. The number of carbonyl (C=O) groups excluding carboxylic acids is 1. The third-order valence-electron chi connectivity index (χ3n) is 3.14. The molecule has 0 saturated heterocycles. The number of aliphatic hydroxyl groups is 1. The molecule has 1 amide bonds. The molecule has 6 heteroatoms. The third-order valence-corrected chi connectivity index (χ3v) is 4.30. The average molecular weight is 298 g/mol. The predicted molar refractivity (Wildman–Crippen MR) is 81.8 cm³/mol. The van der Waals surface area contributed by atoms with E-state index >= 15 is 0 Å². The molecule has 1 aromatic rings. The summed E-state index contributed by atoms with van der Waals surface area (Å²) in [5.74, 6) is -0.0516. The lowest BCUT2D eigenvalue weighted by atomic mass is 10.1. The van der Waals surface area contributed by atoms with Gasteiger partial charge in [-0.2, -0.15) is 11.8 Å². The highest BCUT2D eigenvalue weighted by molar-refractivity contribution is 7.99. The molecule has 0 saturated carbocycles. The molecule has 0 spiro atoms. The number of phenolic OH excluding ortho intramolecular Hbond substituents is 1. The number of amides is 1. The molecule has 112 valence electrons. The van der Waals surface area contributed by atoms with Gasteiger partial charge < -0.3 is 21.3 Å². The summed E-state index contributed by atoms with van der Waals surface area (Å²) in [7, 11) is 0. The maximum atomic E-state index is 12.0. The van der Waals surface area contributed by atoms with E-state index in [0.717, 1.165) is 5.56 Å². The summed E-state index contributed by atoms with van der Waals surface area (Å²) in [6.07, 6.45) is 2.29. The van der Waals surface area contributed by atoms with Gasteiger partial charge in [-0.05, 0) is 37.3 Å². The summed E-state index contributed by atoms with van der Waals surface area (Å²) >= 11 is 1.50. The van der Waals surface area contributed by atoms with E-state index in [2.05, 4.69) is 5.32 Å². The fourth-order valence-corrected chi connectivity index (χ4v) is 2.47. The number of thioether (sulfide) groups is 1. The normalized spacial score (nSPS) is 15.4. The van der Waals surface area contributed by atoms with Crippen molar-refractivity contribution in [3.05, 3.63) is 29.8 Å². The zero-order chi connectivity index (χ0) is 15.1. The standard InChI is InChI=1S/C14H22N2O3S/c1-9(13(8-17)20-2)16-14(19)12(15)7-10-3-5-11(18)6-4-10/h3-6,9,12-13,17-18H,7-8,15H2,1-2H3,(H,16,19)/t9?,12-,13?/m1/s1. The first kappa shape index (κ1) is 16.8. The smallest absolute Gasteiger partial charge is 0.237 e. The Labute approximate surface area is 123 Å². The van der Waals surface area contributed by atoms with Gasteiger partial charge in [0.05, 0.1) is 12.6 Å². The Morgan fingerprint density at radius 2 is 2.00 bits per heavy atom. The van der Waals surface area contributed by atoms with E-state index in [-0.39, 0.29) is 29.6 Å². The molecule has 5 N–H and O–H groups in total. The van der Waals surface area contributed by atoms with Gasteiger partial charge in [0.15, 0.2) is 0 Å². The lowest BCUT2D eigenvalue weighted by molar-refractivity contribution is -0.122. The summed E-state index contributed by atoms with van der Waals surface area (Å²) in [6.45, 7) is 1.86. The highest BCUT2D eigenvalue weighted by atomic mass is 32.2. The molecular formula is C14H22N2O3S. The Hall–Kier alpha value is -1.24. The van der Waals surface area contributed by atoms with Crippen molar-refractivity contribution in [2.24, 2.45) is 5.73 Å². The van der Waals surface area contributed by atoms with Gasteiger partial charge in [0, 0.05) is 11.3 Å². The third kappa shape index (κ3) is 5.03. The number of hydrogen-bond acceptors (Lipinski definition) is 5. The van der Waals surface area contributed by atoms with Crippen molar-refractivity contribution < 1.29 is 15.0 Å². The number of benzene rings is 1. The van der Waals surface area contributed by atoms with Gasteiger partial charge in [-0.3, -0.25) is 4.79 Å². The molecular weight excluding hydrogens is 276 g/mol. The molecule has 0 aliphatic carbocycles. The van der Waals surface area contributed by atoms with Crippen molar-refractivity contribution in [1.82, 2.24) is 5.32 Å². The number of rotatable bonds is 7. The van der Waals surface area contributed by atoms with Crippen molar-refractivity contribution in [3.8, 4) is 5.75 Å². The van der Waals surface area contributed by atoms with E-state index in [1.54, 1.807) is 24.3 Å². The zero-order valence-corrected chi connectivity index (χ0v) is 12.6. The molecule has 1 rings (SSSR count). The minimum Gasteiger partial charge on any atom is -0.508 e. The number of aromatic hydroxyl groups is 1. The first-order valence-corrected chi connectivity index (χ1v) is 7.74. The van der Waals surface area contributed by atoms with Gasteiger partial charge >= 0.3 is 0 Å². The van der Waals surface area contributed by atoms with Crippen LogP contribution in [0.15, 0.2) is 24.3 Å². The quantitative estimate of drug-likeness (QED) is 0.587. The number of nitrogens with two attached hydrogens (primary N) is 1. The Bertz CT molecular complexity index is 421. The van der Waals surface area contributed by atoms with Crippen LogP contribution in [0, 0.1) is 0 Å². The first-order chi connectivity index (χ1) is 9.47. The van der Waals surface area contributed by atoms with E-state index < -0.39 is 6.04 Å². The number of hydrogen-bond donors (Lipinski definition) is 4. The van der Waals surface area contributed by atoms with Crippen molar-refractivity contribution >= 4 is 17.7 Å². The maximum absolute atomic E-state index is 12.0. The lowest BCUT2D eigenvalue weighted by Gasteiger charge is -2.23. The van der Waals surface area contributed by atoms with Crippen LogP contribution in [0.3, 0.4) is 0 Å². The molecule has 2 unspecified atom stereocenters. The van der Waals surface area contributed by atoms with E-state index in [0.29, 0.717) is 6.42 Å². The van der Waals surface area contributed by atoms with Gasteiger partial charge in [0.25, 0.3) is 0 Å². The molecule has 0 aromatic heterocycles. The van der Waals surface area contributed by atoms with Crippen molar-refractivity contribution in [1.29, 1.82) is 0 Å². The van der Waals surface area contributed by atoms with Crippen LogP contribution in [0.25, 0.3) is 0 Å². The first-order valence-electron chi connectivity index (χ1n) is 6.45. The second kappa shape index (κ2) is 8.14. The molecule has 3 atom stereocenters. The maximum Gasteiger partial charge on any atom is 0.237 e. The fourth-order valence-electron chi connectivity index (χ4n) is 1.84. The Kier molecular flexibility index (Phi) is 6.84. The second-order valence-electron chi connectivity index (χ2n) is 4.73. The van der Waals surface area contributed by atoms with Gasteiger partial charge in [-0.1, -0.05) is 12.1 Å². The molecule has 20 heavy (non-hydrogen) atoms. The minimum atomic E-state index is -0.650. The molecule has 0 radical (unpaired) electrons.